The fourth-order valence-corrected chi connectivity index (χ4v) is 4.10. The minimum Gasteiger partial charge on any atom is -0.497 e. The first-order valence-electron chi connectivity index (χ1n) is 7.04. The number of rotatable bonds is 4. The Bertz CT molecular complexity index is 819. The van der Waals surface area contributed by atoms with Crippen LogP contribution in [0.3, 0.4) is 0 Å². The van der Waals surface area contributed by atoms with Crippen LogP contribution in [0, 0.1) is 0 Å². The van der Waals surface area contributed by atoms with Crippen LogP contribution >= 0.6 is 0 Å². The molecule has 0 bridgehead atoms. The number of hydrogen-bond donors (Lipinski definition) is 0. The molecule has 2 aromatic rings. The highest BCUT2D eigenvalue weighted by molar-refractivity contribution is 7.93. The van der Waals surface area contributed by atoms with E-state index >= 15 is 0 Å². The molecule has 0 saturated carbocycles. The number of anilines is 1. The molecule has 0 N–H and O–H groups in total. The maximum atomic E-state index is 13.1. The second-order valence-electron chi connectivity index (χ2n) is 4.91. The number of hydrogen-bond acceptors (Lipinski definition) is 5. The molecule has 3 rings (SSSR count). The highest BCUT2D eigenvalue weighted by atomic mass is 32.2. The van der Waals surface area contributed by atoms with Gasteiger partial charge in [-0.1, -0.05) is 12.1 Å². The highest BCUT2D eigenvalue weighted by Gasteiger charge is 2.32. The number of nitrogens with zero attached hydrogens (tertiary/aromatic N) is 1. The molecule has 0 atom stereocenters. The Labute approximate surface area is 135 Å². The van der Waals surface area contributed by atoms with Crippen LogP contribution < -0.4 is 18.5 Å². The maximum Gasteiger partial charge on any atom is 0.268 e. The summed E-state index contributed by atoms with van der Waals surface area (Å²) < 4.78 is 43.4. The van der Waals surface area contributed by atoms with Gasteiger partial charge in [0.1, 0.15) is 28.8 Å². The SMILES string of the molecule is COc1ccc(S(=O)(=O)N2CCOc3ccccc32)c(OC)c1. The Balaban J connectivity index is 2.10. The van der Waals surface area contributed by atoms with Gasteiger partial charge in [0.2, 0.25) is 0 Å². The average molecular weight is 335 g/mol. The van der Waals surface area contributed by atoms with Gasteiger partial charge in [0.15, 0.2) is 0 Å². The van der Waals surface area contributed by atoms with E-state index in [0.717, 1.165) is 0 Å². The predicted octanol–water partition coefficient (Wildman–Crippen LogP) is 2.29. The zero-order chi connectivity index (χ0) is 16.4. The lowest BCUT2D eigenvalue weighted by Crippen LogP contribution is -2.38. The molecular formula is C16H17NO5S. The maximum absolute atomic E-state index is 13.1. The Kier molecular flexibility index (Phi) is 4.04. The van der Waals surface area contributed by atoms with E-state index < -0.39 is 10.0 Å². The van der Waals surface area contributed by atoms with Crippen molar-refractivity contribution in [2.75, 3.05) is 31.7 Å². The summed E-state index contributed by atoms with van der Waals surface area (Å²) in [6, 6.07) is 11.7. The Morgan fingerprint density at radius 2 is 1.87 bits per heavy atom. The van der Waals surface area contributed by atoms with Crippen LogP contribution in [0.4, 0.5) is 5.69 Å². The van der Waals surface area contributed by atoms with Crippen LogP contribution in [0.25, 0.3) is 0 Å². The van der Waals surface area contributed by atoms with E-state index in [1.165, 1.54) is 24.6 Å². The molecule has 6 nitrogen and oxygen atoms in total. The van der Waals surface area contributed by atoms with Crippen molar-refractivity contribution in [3.05, 3.63) is 42.5 Å². The lowest BCUT2D eigenvalue weighted by molar-refractivity contribution is 0.315. The molecule has 2 aromatic carbocycles. The first-order chi connectivity index (χ1) is 11.1. The van der Waals surface area contributed by atoms with E-state index in [-0.39, 0.29) is 17.2 Å². The van der Waals surface area contributed by atoms with Gasteiger partial charge in [-0.3, -0.25) is 4.31 Å². The van der Waals surface area contributed by atoms with Gasteiger partial charge in [-0.15, -0.1) is 0 Å². The molecular weight excluding hydrogens is 318 g/mol. The van der Waals surface area contributed by atoms with Crippen molar-refractivity contribution in [2.24, 2.45) is 0 Å². The predicted molar refractivity (Wildman–Crippen MR) is 86.0 cm³/mol. The summed E-state index contributed by atoms with van der Waals surface area (Å²) in [6.45, 7) is 0.545. The molecule has 0 spiro atoms. The van der Waals surface area contributed by atoms with Crippen LogP contribution in [0.5, 0.6) is 17.2 Å². The first kappa shape index (κ1) is 15.5. The minimum atomic E-state index is -3.77. The normalized spacial score (nSPS) is 13.9. The van der Waals surface area contributed by atoms with Crippen LogP contribution in [0.1, 0.15) is 0 Å². The number of benzene rings is 2. The fourth-order valence-electron chi connectivity index (χ4n) is 2.50. The Hall–Kier alpha value is -2.41. The zero-order valence-corrected chi connectivity index (χ0v) is 13.7. The molecule has 1 aliphatic heterocycles. The van der Waals surface area contributed by atoms with E-state index in [0.29, 0.717) is 23.8 Å². The molecule has 1 aliphatic rings. The number of methoxy groups -OCH3 is 2. The molecule has 0 amide bonds. The monoisotopic (exact) mass is 335 g/mol. The van der Waals surface area contributed by atoms with Crippen molar-refractivity contribution >= 4 is 15.7 Å². The van der Waals surface area contributed by atoms with Crippen molar-refractivity contribution in [3.63, 3.8) is 0 Å². The van der Waals surface area contributed by atoms with Crippen molar-refractivity contribution in [1.82, 2.24) is 0 Å². The summed E-state index contributed by atoms with van der Waals surface area (Å²) in [6.07, 6.45) is 0. The molecule has 0 unspecified atom stereocenters. The molecule has 0 aromatic heterocycles. The lowest BCUT2D eigenvalue weighted by Gasteiger charge is -2.30. The third-order valence-electron chi connectivity index (χ3n) is 3.62. The second kappa shape index (κ2) is 6.00. The molecule has 122 valence electrons. The standard InChI is InChI=1S/C16H17NO5S/c1-20-12-7-8-16(15(11-12)21-2)23(18,19)17-9-10-22-14-6-4-3-5-13(14)17/h3-8,11H,9-10H2,1-2H3. The summed E-state index contributed by atoms with van der Waals surface area (Å²) in [5, 5.41) is 0. The summed E-state index contributed by atoms with van der Waals surface area (Å²) in [5.41, 5.74) is 0.525. The van der Waals surface area contributed by atoms with Crippen LogP contribution in [0.15, 0.2) is 47.4 Å². The van der Waals surface area contributed by atoms with Crippen molar-refractivity contribution in [3.8, 4) is 17.2 Å². The number of fused-ring (bicyclic) bond motifs is 1. The molecule has 0 aliphatic carbocycles. The van der Waals surface area contributed by atoms with E-state index in [2.05, 4.69) is 0 Å². The Morgan fingerprint density at radius 1 is 1.09 bits per heavy atom. The van der Waals surface area contributed by atoms with E-state index in [1.54, 1.807) is 30.3 Å². The quantitative estimate of drug-likeness (QED) is 0.858. The van der Waals surface area contributed by atoms with Gasteiger partial charge in [-0.05, 0) is 24.3 Å². The highest BCUT2D eigenvalue weighted by Crippen LogP contribution is 2.37. The summed E-state index contributed by atoms with van der Waals surface area (Å²) in [7, 11) is -0.824. The molecule has 23 heavy (non-hydrogen) atoms. The van der Waals surface area contributed by atoms with Gasteiger partial charge in [0.25, 0.3) is 10.0 Å². The fraction of sp³-hybridized carbons (Fsp3) is 0.250. The van der Waals surface area contributed by atoms with Crippen LogP contribution in [-0.4, -0.2) is 35.8 Å². The third-order valence-corrected chi connectivity index (χ3v) is 5.48. The van der Waals surface area contributed by atoms with Crippen LogP contribution in [-0.2, 0) is 10.0 Å². The van der Waals surface area contributed by atoms with Crippen LogP contribution in [0.2, 0.25) is 0 Å². The lowest BCUT2D eigenvalue weighted by atomic mass is 10.2. The first-order valence-corrected chi connectivity index (χ1v) is 8.48. The van der Waals surface area contributed by atoms with Crippen molar-refractivity contribution in [1.29, 1.82) is 0 Å². The van der Waals surface area contributed by atoms with Gasteiger partial charge in [0.05, 0.1) is 26.5 Å². The number of sulfonamides is 1. The molecule has 1 heterocycles. The number of ether oxygens (including phenoxy) is 3. The summed E-state index contributed by atoms with van der Waals surface area (Å²) in [5.74, 6) is 1.33. The summed E-state index contributed by atoms with van der Waals surface area (Å²) >= 11 is 0. The van der Waals surface area contributed by atoms with Gasteiger partial charge >= 0.3 is 0 Å². The molecule has 7 heteroatoms. The Morgan fingerprint density at radius 3 is 2.61 bits per heavy atom. The molecule has 0 saturated heterocycles. The second-order valence-corrected chi connectivity index (χ2v) is 6.74. The molecule has 0 fully saturated rings. The minimum absolute atomic E-state index is 0.0949. The van der Waals surface area contributed by atoms with Gasteiger partial charge in [0, 0.05) is 6.07 Å². The topological polar surface area (TPSA) is 65.1 Å². The molecule has 0 radical (unpaired) electrons. The number of para-hydroxylation sites is 2. The van der Waals surface area contributed by atoms with Crippen molar-refractivity contribution in [2.45, 2.75) is 4.90 Å². The van der Waals surface area contributed by atoms with E-state index in [4.69, 9.17) is 14.2 Å². The van der Waals surface area contributed by atoms with E-state index in [9.17, 15) is 8.42 Å². The van der Waals surface area contributed by atoms with Crippen molar-refractivity contribution < 1.29 is 22.6 Å². The van der Waals surface area contributed by atoms with Gasteiger partial charge in [-0.2, -0.15) is 0 Å². The smallest absolute Gasteiger partial charge is 0.268 e. The zero-order valence-electron chi connectivity index (χ0n) is 12.9. The average Bonchev–Trinajstić information content (AvgIpc) is 2.60. The largest absolute Gasteiger partial charge is 0.497 e. The summed E-state index contributed by atoms with van der Waals surface area (Å²) in [4.78, 5) is 0.0949. The van der Waals surface area contributed by atoms with Gasteiger partial charge < -0.3 is 14.2 Å². The van der Waals surface area contributed by atoms with E-state index in [1.807, 2.05) is 6.07 Å². The van der Waals surface area contributed by atoms with Gasteiger partial charge in [-0.25, -0.2) is 8.42 Å². The third kappa shape index (κ3) is 2.68.